The zero-order valence-corrected chi connectivity index (χ0v) is 19.1. The zero-order valence-electron chi connectivity index (χ0n) is 19.1. The van der Waals surface area contributed by atoms with Gasteiger partial charge in [0.25, 0.3) is 5.91 Å². The smallest absolute Gasteiger partial charge is 0.347 e. The monoisotopic (exact) mass is 469 g/mol. The van der Waals surface area contributed by atoms with E-state index in [1.54, 1.807) is 42.5 Å². The first-order valence-electron chi connectivity index (χ1n) is 11.2. The van der Waals surface area contributed by atoms with Gasteiger partial charge in [-0.25, -0.2) is 4.79 Å². The molecule has 1 atom stereocenters. The maximum Gasteiger partial charge on any atom is 0.347 e. The average molecular weight is 469 g/mol. The number of aliphatic hydroxyl groups is 1. The van der Waals surface area contributed by atoms with E-state index in [2.05, 4.69) is 0 Å². The molecule has 1 unspecified atom stereocenters. The number of anilines is 1. The van der Waals surface area contributed by atoms with Crippen LogP contribution in [-0.2, 0) is 16.8 Å². The number of hydrogen-bond acceptors (Lipinski definition) is 6. The minimum atomic E-state index is -2.08. The number of benzene rings is 3. The van der Waals surface area contributed by atoms with Crippen LogP contribution in [0, 0.1) is 0 Å². The van der Waals surface area contributed by atoms with Crippen LogP contribution in [0.3, 0.4) is 0 Å². The standard InChI is InChI=1S/C28H23NO6/c1-34-24-13-7-10-19-16-20(26(31)35-25(19)24)23(30)17-28(33)21-11-5-6-12-22(21)29(27(28)32)15-14-18-8-3-2-4-9-18/h2-13,16,33H,14-15,17H2,1H3. The summed E-state index contributed by atoms with van der Waals surface area (Å²) in [5, 5.41) is 12.0. The first kappa shape index (κ1) is 22.6. The Hall–Kier alpha value is -4.23. The molecule has 7 nitrogen and oxygen atoms in total. The molecule has 1 aliphatic rings. The normalized spacial score (nSPS) is 17.0. The highest BCUT2D eigenvalue weighted by molar-refractivity contribution is 6.11. The summed E-state index contributed by atoms with van der Waals surface area (Å²) in [5.74, 6) is -0.903. The van der Waals surface area contributed by atoms with Crippen molar-refractivity contribution in [1.29, 1.82) is 0 Å². The lowest BCUT2D eigenvalue weighted by Crippen LogP contribution is -2.43. The number of methoxy groups -OCH3 is 1. The number of Topliss-reactive ketones (excluding diaryl/α,β-unsaturated/α-hetero) is 1. The predicted octanol–water partition coefficient (Wildman–Crippen LogP) is 3.85. The number of carbonyl (C=O) groups excluding carboxylic acids is 2. The molecule has 1 amide bonds. The summed E-state index contributed by atoms with van der Waals surface area (Å²) in [6.07, 6.45) is 0.00591. The molecule has 3 aromatic carbocycles. The Labute approximate surface area is 201 Å². The second-order valence-electron chi connectivity index (χ2n) is 8.50. The first-order valence-corrected chi connectivity index (χ1v) is 11.2. The molecule has 1 aliphatic heterocycles. The lowest BCUT2D eigenvalue weighted by atomic mass is 9.88. The van der Waals surface area contributed by atoms with Gasteiger partial charge in [-0.05, 0) is 30.2 Å². The van der Waals surface area contributed by atoms with Crippen LogP contribution in [0.4, 0.5) is 5.69 Å². The van der Waals surface area contributed by atoms with Gasteiger partial charge in [-0.3, -0.25) is 9.59 Å². The fraction of sp³-hybridized carbons (Fsp3) is 0.179. The molecule has 0 spiro atoms. The molecule has 1 aromatic heterocycles. The van der Waals surface area contributed by atoms with E-state index < -0.39 is 29.3 Å². The van der Waals surface area contributed by atoms with E-state index >= 15 is 0 Å². The lowest BCUT2D eigenvalue weighted by Gasteiger charge is -2.22. The molecule has 176 valence electrons. The van der Waals surface area contributed by atoms with Gasteiger partial charge in [-0.1, -0.05) is 60.7 Å². The number of rotatable bonds is 7. The third kappa shape index (κ3) is 3.90. The van der Waals surface area contributed by atoms with Gasteiger partial charge in [0.1, 0.15) is 5.56 Å². The number of carbonyl (C=O) groups is 2. The van der Waals surface area contributed by atoms with E-state index in [9.17, 15) is 19.5 Å². The van der Waals surface area contributed by atoms with Crippen molar-refractivity contribution < 1.29 is 23.8 Å². The third-order valence-corrected chi connectivity index (χ3v) is 6.37. The van der Waals surface area contributed by atoms with Crippen LogP contribution in [0.2, 0.25) is 0 Å². The maximum atomic E-state index is 13.5. The molecule has 0 saturated heterocycles. The molecule has 0 saturated carbocycles. The van der Waals surface area contributed by atoms with Crippen molar-refractivity contribution in [3.63, 3.8) is 0 Å². The Morgan fingerprint density at radius 3 is 2.51 bits per heavy atom. The maximum absolute atomic E-state index is 13.5. The highest BCUT2D eigenvalue weighted by Crippen LogP contribution is 2.43. The van der Waals surface area contributed by atoms with Crippen LogP contribution in [0.25, 0.3) is 11.0 Å². The number of fused-ring (bicyclic) bond motifs is 2. The van der Waals surface area contributed by atoms with Gasteiger partial charge in [0.05, 0.1) is 19.2 Å². The van der Waals surface area contributed by atoms with E-state index in [-0.39, 0.29) is 11.1 Å². The van der Waals surface area contributed by atoms with E-state index in [0.29, 0.717) is 35.4 Å². The molecule has 4 aromatic rings. The molecule has 0 fully saturated rings. The topological polar surface area (TPSA) is 97.0 Å². The molecule has 2 heterocycles. The average Bonchev–Trinajstić information content (AvgIpc) is 3.08. The van der Waals surface area contributed by atoms with Crippen LogP contribution in [0.5, 0.6) is 5.75 Å². The molecule has 7 heteroatoms. The van der Waals surface area contributed by atoms with Gasteiger partial charge >= 0.3 is 5.63 Å². The van der Waals surface area contributed by atoms with Crippen molar-refractivity contribution in [2.24, 2.45) is 0 Å². The molecular weight excluding hydrogens is 446 g/mol. The summed E-state index contributed by atoms with van der Waals surface area (Å²) in [5.41, 5.74) is -0.988. The van der Waals surface area contributed by atoms with Crippen molar-refractivity contribution in [3.8, 4) is 5.75 Å². The van der Waals surface area contributed by atoms with Crippen LogP contribution < -0.4 is 15.3 Å². The van der Waals surface area contributed by atoms with Gasteiger partial charge in [-0.15, -0.1) is 0 Å². The second kappa shape index (κ2) is 8.85. The summed E-state index contributed by atoms with van der Waals surface area (Å²) in [6.45, 7) is 0.342. The summed E-state index contributed by atoms with van der Waals surface area (Å²) < 4.78 is 10.6. The number of amides is 1. The van der Waals surface area contributed by atoms with E-state index in [1.807, 2.05) is 30.3 Å². The zero-order chi connectivity index (χ0) is 24.6. The number of hydrogen-bond donors (Lipinski definition) is 1. The van der Waals surface area contributed by atoms with Crippen LogP contribution in [0.15, 0.2) is 88.1 Å². The Morgan fingerprint density at radius 2 is 1.74 bits per heavy atom. The predicted molar refractivity (Wildman–Crippen MR) is 131 cm³/mol. The number of para-hydroxylation sites is 2. The van der Waals surface area contributed by atoms with Crippen LogP contribution >= 0.6 is 0 Å². The van der Waals surface area contributed by atoms with Crippen LogP contribution in [-0.4, -0.2) is 30.5 Å². The molecular formula is C28H23NO6. The first-order chi connectivity index (χ1) is 16.9. The van der Waals surface area contributed by atoms with Gasteiger partial charge < -0.3 is 19.2 Å². The SMILES string of the molecule is COc1cccc2cc(C(=O)CC3(O)C(=O)N(CCc4ccccc4)c4ccccc43)c(=O)oc12. The van der Waals surface area contributed by atoms with Crippen molar-refractivity contribution in [2.45, 2.75) is 18.4 Å². The van der Waals surface area contributed by atoms with E-state index in [4.69, 9.17) is 9.15 Å². The Kier molecular flexibility index (Phi) is 5.70. The highest BCUT2D eigenvalue weighted by atomic mass is 16.5. The molecule has 0 aliphatic carbocycles. The van der Waals surface area contributed by atoms with Gasteiger partial charge in [-0.2, -0.15) is 0 Å². The number of nitrogens with zero attached hydrogens (tertiary/aromatic N) is 1. The largest absolute Gasteiger partial charge is 0.493 e. The fourth-order valence-electron chi connectivity index (χ4n) is 4.59. The Balaban J connectivity index is 1.46. The molecule has 5 rings (SSSR count). The second-order valence-corrected chi connectivity index (χ2v) is 8.50. The van der Waals surface area contributed by atoms with Gasteiger partial charge in [0.2, 0.25) is 0 Å². The van der Waals surface area contributed by atoms with Crippen molar-refractivity contribution in [2.75, 3.05) is 18.6 Å². The van der Waals surface area contributed by atoms with Crippen molar-refractivity contribution >= 4 is 28.3 Å². The van der Waals surface area contributed by atoms with Crippen molar-refractivity contribution in [1.82, 2.24) is 0 Å². The minimum Gasteiger partial charge on any atom is -0.493 e. The van der Waals surface area contributed by atoms with Crippen LogP contribution in [0.1, 0.15) is 27.9 Å². The quantitative estimate of drug-likeness (QED) is 0.326. The summed E-state index contributed by atoms with van der Waals surface area (Å²) >= 11 is 0. The molecule has 0 radical (unpaired) electrons. The van der Waals surface area contributed by atoms with Gasteiger partial charge in [0.15, 0.2) is 22.7 Å². The summed E-state index contributed by atoms with van der Waals surface area (Å²) in [6, 6.07) is 23.0. The highest BCUT2D eigenvalue weighted by Gasteiger charge is 2.50. The third-order valence-electron chi connectivity index (χ3n) is 6.37. The van der Waals surface area contributed by atoms with E-state index in [0.717, 1.165) is 5.56 Å². The Bertz CT molecular complexity index is 1490. The number of ether oxygens (including phenoxy) is 1. The molecule has 0 bridgehead atoms. The van der Waals surface area contributed by atoms with E-state index in [1.165, 1.54) is 18.1 Å². The van der Waals surface area contributed by atoms with Crippen molar-refractivity contribution in [3.05, 3.63) is 106 Å². The summed E-state index contributed by atoms with van der Waals surface area (Å²) in [4.78, 5) is 40.9. The summed E-state index contributed by atoms with van der Waals surface area (Å²) in [7, 11) is 1.45. The molecule has 1 N–H and O–H groups in total. The lowest BCUT2D eigenvalue weighted by molar-refractivity contribution is -0.135. The minimum absolute atomic E-state index is 0.227. The number of ketones is 1. The Morgan fingerprint density at radius 1 is 1.00 bits per heavy atom. The fourth-order valence-corrected chi connectivity index (χ4v) is 4.59. The molecule has 35 heavy (non-hydrogen) atoms. The van der Waals surface area contributed by atoms with Gasteiger partial charge in [0, 0.05) is 17.5 Å².